The molecule has 0 spiro atoms. The first-order valence-corrected chi connectivity index (χ1v) is 4.05. The first-order chi connectivity index (χ1) is 5.83. The fraction of sp³-hybridized carbons (Fsp3) is 0.857. The van der Waals surface area contributed by atoms with Gasteiger partial charge in [0.1, 0.15) is 0 Å². The predicted molar refractivity (Wildman–Crippen MR) is 42.5 cm³/mol. The molecule has 0 N–H and O–H groups in total. The van der Waals surface area contributed by atoms with Gasteiger partial charge in [-0.15, -0.1) is 0 Å². The number of carbonyl (C=O) groups excluding carboxylic acids is 1. The minimum absolute atomic E-state index is 0.401. The van der Waals surface area contributed by atoms with Crippen LogP contribution in [0.15, 0.2) is 5.11 Å². The lowest BCUT2D eigenvalue weighted by molar-refractivity contribution is 0.137. The van der Waals surface area contributed by atoms with Gasteiger partial charge in [-0.25, -0.2) is 4.79 Å². The second-order valence-electron chi connectivity index (χ2n) is 2.92. The maximum Gasteiger partial charge on any atom is 0.396 e. The Balaban J connectivity index is 2.15. The number of ether oxygens (including phenoxy) is 1. The van der Waals surface area contributed by atoms with Gasteiger partial charge in [0.15, 0.2) is 0 Å². The zero-order valence-electron chi connectivity index (χ0n) is 6.77. The molecule has 1 aliphatic rings. The van der Waals surface area contributed by atoms with Crippen molar-refractivity contribution >= 4 is 6.09 Å². The second kappa shape index (κ2) is 4.62. The van der Waals surface area contributed by atoms with Gasteiger partial charge in [0.2, 0.25) is 0 Å². The van der Waals surface area contributed by atoms with Crippen molar-refractivity contribution in [2.24, 2.45) is 11.0 Å². The van der Waals surface area contributed by atoms with E-state index in [-0.39, 0.29) is 0 Å². The van der Waals surface area contributed by atoms with Crippen molar-refractivity contribution in [1.82, 2.24) is 0 Å². The summed E-state index contributed by atoms with van der Waals surface area (Å²) in [5.74, 6) is 0.475. The van der Waals surface area contributed by atoms with Crippen LogP contribution in [0.2, 0.25) is 0 Å². The molecule has 0 saturated heterocycles. The topological polar surface area (TPSA) is 75.1 Å². The Morgan fingerprint density at radius 3 is 2.83 bits per heavy atom. The van der Waals surface area contributed by atoms with E-state index in [9.17, 15) is 4.79 Å². The van der Waals surface area contributed by atoms with Crippen LogP contribution in [-0.4, -0.2) is 12.7 Å². The molecule has 1 fully saturated rings. The molecular formula is C7H11N3O2. The first kappa shape index (κ1) is 8.87. The Labute approximate surface area is 70.3 Å². The lowest BCUT2D eigenvalue weighted by Gasteiger charge is -2.06. The predicted octanol–water partition coefficient (Wildman–Crippen LogP) is 2.62. The summed E-state index contributed by atoms with van der Waals surface area (Å²) in [5, 5.41) is 2.80. The van der Waals surface area contributed by atoms with Crippen LogP contribution < -0.4 is 0 Å². The lowest BCUT2D eigenvalue weighted by atomic mass is 10.1. The van der Waals surface area contributed by atoms with E-state index in [2.05, 4.69) is 10.0 Å². The van der Waals surface area contributed by atoms with Gasteiger partial charge in [-0.2, -0.15) is 0 Å². The maximum atomic E-state index is 10.6. The van der Waals surface area contributed by atoms with E-state index in [0.717, 1.165) is 12.8 Å². The number of nitrogens with zero attached hydrogens (tertiary/aromatic N) is 3. The zero-order chi connectivity index (χ0) is 8.81. The molecule has 5 nitrogen and oxygen atoms in total. The fourth-order valence-electron chi connectivity index (χ4n) is 1.43. The van der Waals surface area contributed by atoms with Crippen LogP contribution in [0.3, 0.4) is 0 Å². The van der Waals surface area contributed by atoms with Gasteiger partial charge < -0.3 is 4.74 Å². The SMILES string of the molecule is [N-]=[N+]=NC(=O)OCC1CCCC1. The molecule has 5 heteroatoms. The number of carbonyl (C=O) groups is 1. The molecule has 12 heavy (non-hydrogen) atoms. The average Bonchev–Trinajstić information content (AvgIpc) is 2.53. The Morgan fingerprint density at radius 1 is 1.58 bits per heavy atom. The van der Waals surface area contributed by atoms with Crippen molar-refractivity contribution < 1.29 is 9.53 Å². The van der Waals surface area contributed by atoms with Crippen LogP contribution in [0.25, 0.3) is 10.4 Å². The second-order valence-corrected chi connectivity index (χ2v) is 2.92. The van der Waals surface area contributed by atoms with Crippen LogP contribution in [0.1, 0.15) is 25.7 Å². The minimum Gasteiger partial charge on any atom is -0.461 e. The van der Waals surface area contributed by atoms with E-state index >= 15 is 0 Å². The normalized spacial score (nSPS) is 17.0. The van der Waals surface area contributed by atoms with Crippen molar-refractivity contribution in [3.05, 3.63) is 10.4 Å². The highest BCUT2D eigenvalue weighted by Gasteiger charge is 2.16. The van der Waals surface area contributed by atoms with Crippen molar-refractivity contribution in [3.8, 4) is 0 Å². The van der Waals surface area contributed by atoms with E-state index < -0.39 is 6.09 Å². The summed E-state index contributed by atoms with van der Waals surface area (Å²) >= 11 is 0. The zero-order valence-corrected chi connectivity index (χ0v) is 6.77. The van der Waals surface area contributed by atoms with Gasteiger partial charge in [-0.1, -0.05) is 12.8 Å². The molecule has 1 amide bonds. The van der Waals surface area contributed by atoms with Crippen LogP contribution in [0.4, 0.5) is 4.79 Å². The molecule has 0 bridgehead atoms. The van der Waals surface area contributed by atoms with Gasteiger partial charge >= 0.3 is 6.09 Å². The minimum atomic E-state index is -0.815. The molecule has 0 radical (unpaired) electrons. The molecule has 0 unspecified atom stereocenters. The van der Waals surface area contributed by atoms with E-state index in [1.807, 2.05) is 0 Å². The molecule has 0 aromatic heterocycles. The smallest absolute Gasteiger partial charge is 0.396 e. The standard InChI is InChI=1S/C7H11N3O2/c8-10-9-7(11)12-5-6-3-1-2-4-6/h6H,1-5H2. The highest BCUT2D eigenvalue weighted by atomic mass is 16.5. The van der Waals surface area contributed by atoms with Crippen LogP contribution >= 0.6 is 0 Å². The maximum absolute atomic E-state index is 10.6. The number of rotatable bonds is 2. The van der Waals surface area contributed by atoms with Crippen LogP contribution in [-0.2, 0) is 4.74 Å². The summed E-state index contributed by atoms with van der Waals surface area (Å²) in [6, 6.07) is 0. The van der Waals surface area contributed by atoms with Crippen LogP contribution in [0, 0.1) is 5.92 Å². The van der Waals surface area contributed by atoms with Crippen molar-refractivity contribution in [2.45, 2.75) is 25.7 Å². The van der Waals surface area contributed by atoms with E-state index in [0.29, 0.717) is 12.5 Å². The van der Waals surface area contributed by atoms with E-state index in [1.54, 1.807) is 0 Å². The van der Waals surface area contributed by atoms with Crippen LogP contribution in [0.5, 0.6) is 0 Å². The summed E-state index contributed by atoms with van der Waals surface area (Å²) in [6.45, 7) is 0.401. The summed E-state index contributed by atoms with van der Waals surface area (Å²) in [4.78, 5) is 12.9. The largest absolute Gasteiger partial charge is 0.461 e. The van der Waals surface area contributed by atoms with Crippen molar-refractivity contribution in [1.29, 1.82) is 0 Å². The number of azide groups is 1. The van der Waals surface area contributed by atoms with Crippen molar-refractivity contribution in [2.75, 3.05) is 6.61 Å². The molecular weight excluding hydrogens is 158 g/mol. The van der Waals surface area contributed by atoms with Gasteiger partial charge in [0.25, 0.3) is 0 Å². The van der Waals surface area contributed by atoms with E-state index in [1.165, 1.54) is 12.8 Å². The number of amides is 1. The summed E-state index contributed by atoms with van der Waals surface area (Å²) in [7, 11) is 0. The van der Waals surface area contributed by atoms with Gasteiger partial charge in [0, 0.05) is 10.0 Å². The third-order valence-electron chi connectivity index (χ3n) is 2.04. The number of hydrogen-bond donors (Lipinski definition) is 0. The third-order valence-corrected chi connectivity index (χ3v) is 2.04. The molecule has 0 aliphatic heterocycles. The highest BCUT2D eigenvalue weighted by Crippen LogP contribution is 2.24. The van der Waals surface area contributed by atoms with E-state index in [4.69, 9.17) is 10.3 Å². The Kier molecular flexibility index (Phi) is 3.41. The first-order valence-electron chi connectivity index (χ1n) is 4.05. The van der Waals surface area contributed by atoms with Gasteiger partial charge in [0.05, 0.1) is 6.61 Å². The van der Waals surface area contributed by atoms with Gasteiger partial charge in [-0.3, -0.25) is 0 Å². The van der Waals surface area contributed by atoms with Gasteiger partial charge in [-0.05, 0) is 24.3 Å². The summed E-state index contributed by atoms with van der Waals surface area (Å²) in [5.41, 5.74) is 7.89. The molecule has 0 heterocycles. The monoisotopic (exact) mass is 169 g/mol. The molecule has 0 atom stereocenters. The summed E-state index contributed by atoms with van der Waals surface area (Å²) in [6.07, 6.45) is 3.84. The lowest BCUT2D eigenvalue weighted by Crippen LogP contribution is -2.08. The molecule has 1 saturated carbocycles. The molecule has 66 valence electrons. The van der Waals surface area contributed by atoms with Crippen molar-refractivity contribution in [3.63, 3.8) is 0 Å². The Morgan fingerprint density at radius 2 is 2.25 bits per heavy atom. The Bertz CT molecular complexity index is 205. The quantitative estimate of drug-likeness (QED) is 0.362. The Hall–Kier alpha value is -1.22. The highest BCUT2D eigenvalue weighted by molar-refractivity contribution is 5.67. The average molecular weight is 169 g/mol. The molecule has 1 rings (SSSR count). The number of hydrogen-bond acceptors (Lipinski definition) is 2. The molecule has 1 aliphatic carbocycles. The molecule has 0 aromatic carbocycles. The molecule has 0 aromatic rings. The summed E-state index contributed by atoms with van der Waals surface area (Å²) < 4.78 is 4.71. The third kappa shape index (κ3) is 2.80. The fourth-order valence-corrected chi connectivity index (χ4v) is 1.43.